The van der Waals surface area contributed by atoms with E-state index in [1.165, 1.54) is 12.1 Å². The second-order valence-electron chi connectivity index (χ2n) is 8.81. The summed E-state index contributed by atoms with van der Waals surface area (Å²) in [5.41, 5.74) is 2.51. The SMILES string of the molecule is CC(C)OC1=CC=C(C2(C)C(=O)N(c3ccc(C(=O)O)cc3)c3ccc(Cl)cc32)CC1C. The largest absolute Gasteiger partial charge is 0.495 e. The van der Waals surface area contributed by atoms with Crippen molar-refractivity contribution in [3.63, 3.8) is 0 Å². The van der Waals surface area contributed by atoms with E-state index in [0.29, 0.717) is 17.1 Å². The Hall–Kier alpha value is -3.05. The number of amides is 1. The molecule has 2 unspecified atom stereocenters. The number of aromatic carboxylic acids is 1. The molecule has 4 rings (SSSR count). The van der Waals surface area contributed by atoms with Crippen LogP contribution in [0.4, 0.5) is 11.4 Å². The molecule has 0 bridgehead atoms. The molecule has 1 heterocycles. The van der Waals surface area contributed by atoms with Crippen molar-refractivity contribution in [3.05, 3.63) is 82.1 Å². The fourth-order valence-corrected chi connectivity index (χ4v) is 4.69. The van der Waals surface area contributed by atoms with Crippen molar-refractivity contribution in [1.29, 1.82) is 0 Å². The van der Waals surface area contributed by atoms with Crippen LogP contribution in [0.3, 0.4) is 0 Å². The van der Waals surface area contributed by atoms with Crippen molar-refractivity contribution in [2.45, 2.75) is 45.6 Å². The van der Waals surface area contributed by atoms with E-state index in [2.05, 4.69) is 6.92 Å². The molecule has 32 heavy (non-hydrogen) atoms. The van der Waals surface area contributed by atoms with Crippen LogP contribution in [-0.4, -0.2) is 23.1 Å². The number of ether oxygens (including phenoxy) is 1. The van der Waals surface area contributed by atoms with Crippen LogP contribution in [0.15, 0.2) is 65.9 Å². The summed E-state index contributed by atoms with van der Waals surface area (Å²) in [4.78, 5) is 26.9. The van der Waals surface area contributed by atoms with Crippen LogP contribution in [0.1, 0.15) is 50.0 Å². The van der Waals surface area contributed by atoms with Gasteiger partial charge >= 0.3 is 5.97 Å². The fourth-order valence-electron chi connectivity index (χ4n) is 4.52. The summed E-state index contributed by atoms with van der Waals surface area (Å²) >= 11 is 6.35. The first kappa shape index (κ1) is 22.2. The maximum Gasteiger partial charge on any atom is 0.335 e. The number of halogens is 1. The monoisotopic (exact) mass is 451 g/mol. The van der Waals surface area contributed by atoms with Crippen molar-refractivity contribution in [1.82, 2.24) is 0 Å². The highest BCUT2D eigenvalue weighted by Gasteiger charge is 2.51. The first-order valence-corrected chi connectivity index (χ1v) is 11.1. The van der Waals surface area contributed by atoms with Crippen LogP contribution in [0.2, 0.25) is 5.02 Å². The Balaban J connectivity index is 1.81. The van der Waals surface area contributed by atoms with Crippen LogP contribution in [0.25, 0.3) is 0 Å². The molecule has 0 aromatic heterocycles. The first-order valence-electron chi connectivity index (χ1n) is 10.7. The standard InChI is InChI=1S/C26H26ClNO4/c1-15(2)32-23-12-7-18(13-16(23)3)26(4)21-14-19(27)8-11-22(21)28(25(26)31)20-9-5-17(6-10-20)24(29)30/h5-12,14-16H,13H2,1-4H3,(H,29,30). The van der Waals surface area contributed by atoms with E-state index in [9.17, 15) is 14.7 Å². The number of hydrogen-bond donors (Lipinski definition) is 1. The lowest BCUT2D eigenvalue weighted by molar-refractivity contribution is -0.120. The number of nitrogens with zero attached hydrogens (tertiary/aromatic N) is 1. The molecule has 166 valence electrons. The summed E-state index contributed by atoms with van der Waals surface area (Å²) in [5.74, 6) is -0.0226. The summed E-state index contributed by atoms with van der Waals surface area (Å²) in [6, 6.07) is 11.8. The highest BCUT2D eigenvalue weighted by molar-refractivity contribution is 6.31. The Morgan fingerprint density at radius 1 is 1.19 bits per heavy atom. The molecular formula is C26H26ClNO4. The third kappa shape index (κ3) is 3.61. The Morgan fingerprint density at radius 2 is 1.88 bits per heavy atom. The first-order chi connectivity index (χ1) is 15.1. The van der Waals surface area contributed by atoms with Gasteiger partial charge in [-0.15, -0.1) is 0 Å². The predicted octanol–water partition coefficient (Wildman–Crippen LogP) is 6.25. The van der Waals surface area contributed by atoms with E-state index in [1.54, 1.807) is 23.1 Å². The summed E-state index contributed by atoms with van der Waals surface area (Å²) < 4.78 is 5.94. The number of carbonyl (C=O) groups is 2. The molecule has 0 spiro atoms. The van der Waals surface area contributed by atoms with E-state index >= 15 is 0 Å². The predicted molar refractivity (Wildman–Crippen MR) is 126 cm³/mol. The van der Waals surface area contributed by atoms with Crippen LogP contribution in [0, 0.1) is 5.92 Å². The van der Waals surface area contributed by atoms with Gasteiger partial charge in [0.25, 0.3) is 0 Å². The van der Waals surface area contributed by atoms with E-state index in [1.807, 2.05) is 45.1 Å². The normalized spacial score (nSPS) is 22.5. The van der Waals surface area contributed by atoms with Gasteiger partial charge in [-0.3, -0.25) is 9.69 Å². The molecule has 1 N–H and O–H groups in total. The average Bonchev–Trinajstić information content (AvgIpc) is 2.97. The maximum absolute atomic E-state index is 14.0. The molecule has 5 nitrogen and oxygen atoms in total. The van der Waals surface area contributed by atoms with E-state index < -0.39 is 11.4 Å². The fraction of sp³-hybridized carbons (Fsp3) is 0.308. The molecule has 2 atom stereocenters. The molecule has 0 saturated heterocycles. The van der Waals surface area contributed by atoms with Crippen molar-refractivity contribution < 1.29 is 19.4 Å². The van der Waals surface area contributed by atoms with Gasteiger partial charge in [0, 0.05) is 16.6 Å². The summed E-state index contributed by atoms with van der Waals surface area (Å²) in [6.07, 6.45) is 4.75. The zero-order valence-corrected chi connectivity index (χ0v) is 19.3. The van der Waals surface area contributed by atoms with E-state index in [0.717, 1.165) is 22.6 Å². The summed E-state index contributed by atoms with van der Waals surface area (Å²) in [7, 11) is 0. The van der Waals surface area contributed by atoms with Gasteiger partial charge in [0.1, 0.15) is 0 Å². The van der Waals surface area contributed by atoms with E-state index in [-0.39, 0.29) is 23.5 Å². The topological polar surface area (TPSA) is 66.8 Å². The minimum Gasteiger partial charge on any atom is -0.495 e. The molecule has 2 aromatic rings. The van der Waals surface area contributed by atoms with Gasteiger partial charge in [0.05, 0.1) is 28.5 Å². The Morgan fingerprint density at radius 3 is 2.47 bits per heavy atom. The van der Waals surface area contributed by atoms with Gasteiger partial charge in [0.15, 0.2) is 0 Å². The highest BCUT2D eigenvalue weighted by atomic mass is 35.5. The average molecular weight is 452 g/mol. The number of hydrogen-bond acceptors (Lipinski definition) is 3. The summed E-state index contributed by atoms with van der Waals surface area (Å²) in [6.45, 7) is 8.04. The number of benzene rings is 2. The van der Waals surface area contributed by atoms with Gasteiger partial charge in [-0.1, -0.05) is 24.6 Å². The van der Waals surface area contributed by atoms with Crippen LogP contribution < -0.4 is 4.90 Å². The molecule has 0 fully saturated rings. The third-order valence-corrected chi connectivity index (χ3v) is 6.45. The maximum atomic E-state index is 14.0. The number of fused-ring (bicyclic) bond motifs is 1. The van der Waals surface area contributed by atoms with Gasteiger partial charge in [-0.05, 0) is 86.9 Å². The van der Waals surface area contributed by atoms with E-state index in [4.69, 9.17) is 16.3 Å². The molecule has 0 radical (unpaired) electrons. The quantitative estimate of drug-likeness (QED) is 0.583. The van der Waals surface area contributed by atoms with Crippen LogP contribution >= 0.6 is 11.6 Å². The van der Waals surface area contributed by atoms with Gasteiger partial charge in [0.2, 0.25) is 5.91 Å². The molecule has 2 aliphatic rings. The lowest BCUT2D eigenvalue weighted by Crippen LogP contribution is -2.38. The number of anilines is 2. The number of carbonyl (C=O) groups excluding carboxylic acids is 1. The third-order valence-electron chi connectivity index (χ3n) is 6.22. The minimum atomic E-state index is -1.01. The molecule has 2 aromatic carbocycles. The van der Waals surface area contributed by atoms with Crippen LogP contribution in [0.5, 0.6) is 0 Å². The zero-order valence-electron chi connectivity index (χ0n) is 18.6. The number of carboxylic acids is 1. The second kappa shape index (κ2) is 8.14. The molecule has 1 aliphatic carbocycles. The molecule has 1 aliphatic heterocycles. The molecule has 0 saturated carbocycles. The zero-order chi connectivity index (χ0) is 23.2. The number of carboxylic acid groups (broad SMARTS) is 1. The van der Waals surface area contributed by atoms with Crippen molar-refractivity contribution >= 4 is 34.9 Å². The van der Waals surface area contributed by atoms with Gasteiger partial charge < -0.3 is 9.84 Å². The highest BCUT2D eigenvalue weighted by Crippen LogP contribution is 2.52. The summed E-state index contributed by atoms with van der Waals surface area (Å²) in [5, 5.41) is 9.78. The lowest BCUT2D eigenvalue weighted by Gasteiger charge is -2.32. The Bertz CT molecular complexity index is 1150. The van der Waals surface area contributed by atoms with Crippen molar-refractivity contribution in [2.24, 2.45) is 5.92 Å². The molecular weight excluding hydrogens is 426 g/mol. The van der Waals surface area contributed by atoms with Crippen LogP contribution in [-0.2, 0) is 14.9 Å². The van der Waals surface area contributed by atoms with Gasteiger partial charge in [-0.25, -0.2) is 4.79 Å². The minimum absolute atomic E-state index is 0.0853. The lowest BCUT2D eigenvalue weighted by atomic mass is 9.72. The second-order valence-corrected chi connectivity index (χ2v) is 9.25. The molecule has 6 heteroatoms. The molecule has 1 amide bonds. The number of rotatable bonds is 5. The number of allylic oxidation sites excluding steroid dienone is 3. The Labute approximate surface area is 193 Å². The van der Waals surface area contributed by atoms with Gasteiger partial charge in [-0.2, -0.15) is 0 Å². The van der Waals surface area contributed by atoms with Crippen molar-refractivity contribution in [2.75, 3.05) is 4.90 Å². The van der Waals surface area contributed by atoms with Crippen molar-refractivity contribution in [3.8, 4) is 0 Å². The smallest absolute Gasteiger partial charge is 0.335 e. The Kier molecular flexibility index (Phi) is 5.63.